The molecule has 1 aromatic rings. The monoisotopic (exact) mass is 367 g/mol. The minimum Gasteiger partial charge on any atom is -0.591 e. The minimum atomic E-state index is -1.48. The molecule has 0 radical (unpaired) electrons. The van der Waals surface area contributed by atoms with Crippen LogP contribution < -0.4 is 0 Å². The quantitative estimate of drug-likeness (QED) is 0.773. The van der Waals surface area contributed by atoms with Crippen LogP contribution in [-0.2, 0) is 17.8 Å². The van der Waals surface area contributed by atoms with Crippen LogP contribution in [0.3, 0.4) is 0 Å². The van der Waals surface area contributed by atoms with Crippen molar-refractivity contribution in [2.75, 3.05) is 13.1 Å². The summed E-state index contributed by atoms with van der Waals surface area (Å²) in [5.41, 5.74) is 1.56. The van der Waals surface area contributed by atoms with Crippen LogP contribution >= 0.6 is 0 Å². The highest BCUT2D eigenvalue weighted by Crippen LogP contribution is 2.45. The van der Waals surface area contributed by atoms with Crippen molar-refractivity contribution in [3.05, 3.63) is 29.3 Å². The van der Waals surface area contributed by atoms with E-state index in [2.05, 4.69) is 9.38 Å². The zero-order chi connectivity index (χ0) is 18.4. The number of carbonyl (C=O) groups is 1. The van der Waals surface area contributed by atoms with E-state index in [4.69, 9.17) is 0 Å². The fourth-order valence-corrected chi connectivity index (χ4v) is 4.14. The van der Waals surface area contributed by atoms with Gasteiger partial charge in [0.1, 0.15) is 27.6 Å². The third-order valence-electron chi connectivity index (χ3n) is 4.89. The van der Waals surface area contributed by atoms with Crippen LogP contribution in [0.4, 0.5) is 9.18 Å². The third kappa shape index (κ3) is 3.37. The van der Waals surface area contributed by atoms with E-state index < -0.39 is 33.4 Å². The lowest BCUT2D eigenvalue weighted by molar-refractivity contribution is 0.114. The van der Waals surface area contributed by atoms with E-state index in [1.165, 1.54) is 17.2 Å². The first-order valence-electron chi connectivity index (χ1n) is 8.26. The number of pyridine rings is 1. The van der Waals surface area contributed by atoms with Crippen LogP contribution in [0.25, 0.3) is 0 Å². The normalized spacial score (nSPS) is 22.3. The lowest BCUT2D eigenvalue weighted by Gasteiger charge is -2.38. The molecule has 6 nitrogen and oxygen atoms in total. The van der Waals surface area contributed by atoms with Crippen LogP contribution in [0.5, 0.6) is 0 Å². The van der Waals surface area contributed by atoms with E-state index in [1.807, 2.05) is 20.8 Å². The Morgan fingerprint density at radius 2 is 2.08 bits per heavy atom. The molecule has 1 amide bonds. The van der Waals surface area contributed by atoms with Gasteiger partial charge in [0, 0.05) is 30.5 Å². The predicted molar refractivity (Wildman–Crippen MR) is 93.6 cm³/mol. The molecule has 8 heteroatoms. The molecule has 2 heterocycles. The van der Waals surface area contributed by atoms with Crippen LogP contribution in [0.2, 0.25) is 0 Å². The summed E-state index contributed by atoms with van der Waals surface area (Å²) in [6.45, 7) is 6.28. The van der Waals surface area contributed by atoms with Crippen molar-refractivity contribution in [2.45, 2.75) is 44.8 Å². The van der Waals surface area contributed by atoms with Crippen molar-refractivity contribution >= 4 is 23.2 Å². The number of fused-ring (bicyclic) bond motifs is 1. The molecule has 1 saturated heterocycles. The number of aromatic nitrogens is 1. The summed E-state index contributed by atoms with van der Waals surface area (Å²) >= 11 is -1.48. The zero-order valence-electron chi connectivity index (χ0n) is 14.6. The number of piperidine rings is 1. The molecule has 136 valence electrons. The molecule has 25 heavy (non-hydrogen) atoms. The Bertz CT molecular complexity index is 724. The van der Waals surface area contributed by atoms with Gasteiger partial charge in [-0.2, -0.15) is 0 Å². The summed E-state index contributed by atoms with van der Waals surface area (Å²) in [6.07, 6.45) is 1.96. The Morgan fingerprint density at radius 1 is 1.44 bits per heavy atom. The Morgan fingerprint density at radius 3 is 2.64 bits per heavy atom. The molecule has 1 spiro atoms. The topological polar surface area (TPSA) is 88.9 Å². The number of carboxylic acid groups (broad SMARTS) is 1. The highest BCUT2D eigenvalue weighted by Gasteiger charge is 2.48. The van der Waals surface area contributed by atoms with Crippen molar-refractivity contribution in [2.24, 2.45) is 9.81 Å². The van der Waals surface area contributed by atoms with Gasteiger partial charge in [0.15, 0.2) is 0 Å². The number of amides is 1. The zero-order valence-corrected chi connectivity index (χ0v) is 15.4. The molecular weight excluding hydrogens is 345 g/mol. The van der Waals surface area contributed by atoms with E-state index in [0.717, 1.165) is 5.69 Å². The second kappa shape index (κ2) is 6.25. The molecule has 1 unspecified atom stereocenters. The number of rotatable bonds is 1. The summed E-state index contributed by atoms with van der Waals surface area (Å²) < 4.78 is 30.3. The molecule has 1 atom stereocenters. The second-order valence-electron chi connectivity index (χ2n) is 7.68. The smallest absolute Gasteiger partial charge is 0.407 e. The summed E-state index contributed by atoms with van der Waals surface area (Å²) in [6, 6.07) is 1.40. The summed E-state index contributed by atoms with van der Waals surface area (Å²) in [4.78, 5) is 16.8. The Hall–Kier alpha value is -1.67. The van der Waals surface area contributed by atoms with Crippen LogP contribution in [0, 0.1) is 11.2 Å². The average Bonchev–Trinajstić information content (AvgIpc) is 2.80. The fraction of sp³-hybridized carbons (Fsp3) is 0.588. The predicted octanol–water partition coefficient (Wildman–Crippen LogP) is 2.79. The number of hydrogen-bond acceptors (Lipinski definition) is 4. The van der Waals surface area contributed by atoms with Crippen molar-refractivity contribution in [3.63, 3.8) is 0 Å². The first-order valence-corrected chi connectivity index (χ1v) is 9.37. The average molecular weight is 367 g/mol. The van der Waals surface area contributed by atoms with Crippen LogP contribution in [0.15, 0.2) is 16.7 Å². The van der Waals surface area contributed by atoms with Gasteiger partial charge in [-0.25, -0.2) is 9.18 Å². The maximum absolute atomic E-state index is 13.8. The minimum absolute atomic E-state index is 0.382. The standard InChI is InChI=1S/C17H22FN3O3S/c1-16(2,3)25(24)20-14-12-8-11(18)10-19-13(12)9-17(14)4-6-21(7-5-17)15(22)23/h8,10H,4-7,9H2,1-3H3,(H,22,23)/b20-14+. The number of halogens is 1. The molecule has 0 saturated carbocycles. The largest absolute Gasteiger partial charge is 0.591 e. The van der Waals surface area contributed by atoms with Gasteiger partial charge in [0.05, 0.1) is 11.9 Å². The molecule has 1 aliphatic carbocycles. The maximum Gasteiger partial charge on any atom is 0.407 e. The second-order valence-corrected chi connectivity index (χ2v) is 9.58. The van der Waals surface area contributed by atoms with Crippen LogP contribution in [-0.4, -0.2) is 49.2 Å². The summed E-state index contributed by atoms with van der Waals surface area (Å²) in [5.74, 6) is -0.451. The molecule has 0 aromatic carbocycles. The van der Waals surface area contributed by atoms with Gasteiger partial charge in [0.25, 0.3) is 0 Å². The van der Waals surface area contributed by atoms with Crippen molar-refractivity contribution < 1.29 is 18.8 Å². The molecular formula is C17H22FN3O3S. The summed E-state index contributed by atoms with van der Waals surface area (Å²) in [5, 5.41) is 9.18. The molecule has 1 fully saturated rings. The highest BCUT2D eigenvalue weighted by molar-refractivity contribution is 7.91. The Labute approximate surface area is 149 Å². The number of nitrogens with zero attached hydrogens (tertiary/aromatic N) is 3. The molecule has 0 bridgehead atoms. The van der Waals surface area contributed by atoms with Gasteiger partial charge in [0.2, 0.25) is 0 Å². The number of likely N-dealkylation sites (tertiary alicyclic amines) is 1. The molecule has 1 aromatic heterocycles. The first-order chi connectivity index (χ1) is 11.6. The maximum atomic E-state index is 13.8. The van der Waals surface area contributed by atoms with Crippen LogP contribution in [0.1, 0.15) is 44.9 Å². The molecule has 2 aliphatic rings. The van der Waals surface area contributed by atoms with Gasteiger partial charge in [-0.1, -0.05) is 4.40 Å². The van der Waals surface area contributed by atoms with Gasteiger partial charge in [-0.3, -0.25) is 4.98 Å². The van der Waals surface area contributed by atoms with E-state index in [1.54, 1.807) is 0 Å². The van der Waals surface area contributed by atoms with E-state index in [-0.39, 0.29) is 0 Å². The molecule has 1 N–H and O–H groups in total. The lowest BCUT2D eigenvalue weighted by Crippen LogP contribution is -2.45. The summed E-state index contributed by atoms with van der Waals surface area (Å²) in [7, 11) is 0. The Kier molecular flexibility index (Phi) is 4.53. The SMILES string of the molecule is CC(C)(C)[S+]([O-])/N=C1\c2cc(F)cnc2CC12CCN(C(=O)O)CC2. The lowest BCUT2D eigenvalue weighted by atomic mass is 9.75. The van der Waals surface area contributed by atoms with Gasteiger partial charge in [-0.05, 0) is 39.7 Å². The highest BCUT2D eigenvalue weighted by atomic mass is 32.2. The Balaban J connectivity index is 2.01. The van der Waals surface area contributed by atoms with Crippen molar-refractivity contribution in [1.29, 1.82) is 0 Å². The van der Waals surface area contributed by atoms with Gasteiger partial charge < -0.3 is 14.6 Å². The first kappa shape index (κ1) is 18.1. The van der Waals surface area contributed by atoms with E-state index in [0.29, 0.717) is 43.6 Å². The van der Waals surface area contributed by atoms with Crippen molar-refractivity contribution in [1.82, 2.24) is 9.88 Å². The third-order valence-corrected chi connectivity index (χ3v) is 6.29. The van der Waals surface area contributed by atoms with Gasteiger partial charge >= 0.3 is 6.09 Å². The number of hydrogen-bond donors (Lipinski definition) is 1. The van der Waals surface area contributed by atoms with E-state index >= 15 is 0 Å². The fourth-order valence-electron chi connectivity index (χ4n) is 3.41. The van der Waals surface area contributed by atoms with Crippen molar-refractivity contribution in [3.8, 4) is 0 Å². The molecule has 1 aliphatic heterocycles. The van der Waals surface area contributed by atoms with E-state index in [9.17, 15) is 18.8 Å². The molecule has 3 rings (SSSR count). The van der Waals surface area contributed by atoms with Gasteiger partial charge in [-0.15, -0.1) is 0 Å².